The highest BCUT2D eigenvalue weighted by Gasteiger charge is 2.74. The molecule has 1 heterocycles. The first-order valence-corrected chi connectivity index (χ1v) is 13.7. The Bertz CT molecular complexity index is 1530. The Labute approximate surface area is 237 Å². The smallest absolute Gasteiger partial charge is 0.435 e. The average molecular weight is 617 g/mol. The Morgan fingerprint density at radius 3 is 2.10 bits per heavy atom. The molecule has 14 heteroatoms. The highest BCUT2D eigenvalue weighted by Crippen LogP contribution is 2.57. The number of carboxylic acids is 1. The molecule has 1 aliphatic carbocycles. The van der Waals surface area contributed by atoms with Crippen LogP contribution in [-0.4, -0.2) is 50.4 Å². The van der Waals surface area contributed by atoms with Crippen molar-refractivity contribution in [2.24, 2.45) is 0 Å². The van der Waals surface area contributed by atoms with Crippen molar-refractivity contribution in [2.75, 3.05) is 11.7 Å². The number of anilines is 1. The molecule has 0 spiro atoms. The van der Waals surface area contributed by atoms with Gasteiger partial charge in [0.05, 0.1) is 32.8 Å². The van der Waals surface area contributed by atoms with Crippen molar-refractivity contribution in [3.05, 3.63) is 94.5 Å². The van der Waals surface area contributed by atoms with E-state index >= 15 is 0 Å². The number of aryl methyl sites for hydroxylation is 1. The van der Waals surface area contributed by atoms with Crippen molar-refractivity contribution in [1.29, 1.82) is 0 Å². The molecule has 42 heavy (non-hydrogen) atoms. The van der Waals surface area contributed by atoms with E-state index < -0.39 is 51.1 Å². The predicted octanol–water partition coefficient (Wildman–Crippen LogP) is 6.43. The van der Waals surface area contributed by atoms with Crippen molar-refractivity contribution in [1.82, 2.24) is 5.01 Å². The number of alkyl halides is 7. The first kappa shape index (κ1) is 30.0. The number of carbonyl (C=O) groups is 1. The minimum Gasteiger partial charge on any atom is -0.478 e. The van der Waals surface area contributed by atoms with Crippen molar-refractivity contribution >= 4 is 22.5 Å². The fourth-order valence-corrected chi connectivity index (χ4v) is 7.75. The highest BCUT2D eigenvalue weighted by atomic mass is 32.2. The average Bonchev–Trinajstić information content (AvgIpc) is 3.45. The molecular formula is C28H23F7N2O4S. The molecule has 1 fully saturated rings. The molecule has 3 aromatic rings. The van der Waals surface area contributed by atoms with Gasteiger partial charge in [0.2, 0.25) is 0 Å². The van der Waals surface area contributed by atoms with Gasteiger partial charge in [-0.25, -0.2) is 9.18 Å². The lowest BCUT2D eigenvalue weighted by molar-refractivity contribution is -0.348. The van der Waals surface area contributed by atoms with Crippen LogP contribution < -0.4 is 5.17 Å². The second-order valence-electron chi connectivity index (χ2n) is 10.3. The maximum Gasteiger partial charge on any atom is 0.435 e. The minimum atomic E-state index is -6.30. The summed E-state index contributed by atoms with van der Waals surface area (Å²) in [4.78, 5) is 11.6. The third-order valence-corrected chi connectivity index (χ3v) is 9.98. The van der Waals surface area contributed by atoms with Crippen LogP contribution in [0.3, 0.4) is 0 Å². The summed E-state index contributed by atoms with van der Waals surface area (Å²) in [7, 11) is -1.92. The molecule has 0 aromatic heterocycles. The quantitative estimate of drug-likeness (QED) is 0.246. The summed E-state index contributed by atoms with van der Waals surface area (Å²) in [6.07, 6.45) is -12.8. The third-order valence-electron chi connectivity index (χ3n) is 7.92. The lowest BCUT2D eigenvalue weighted by Gasteiger charge is -2.36. The van der Waals surface area contributed by atoms with Gasteiger partial charge in [0.1, 0.15) is 0 Å². The molecule has 1 aliphatic heterocycles. The van der Waals surface area contributed by atoms with E-state index in [1.807, 2.05) is 0 Å². The van der Waals surface area contributed by atoms with Crippen molar-refractivity contribution < 1.29 is 50.1 Å². The third kappa shape index (κ3) is 4.47. The Morgan fingerprint density at radius 1 is 0.952 bits per heavy atom. The highest BCUT2D eigenvalue weighted by molar-refractivity contribution is 7.86. The summed E-state index contributed by atoms with van der Waals surface area (Å²) in [5.41, 5.74) is -6.23. The van der Waals surface area contributed by atoms with Gasteiger partial charge < -0.3 is 5.11 Å². The van der Waals surface area contributed by atoms with Gasteiger partial charge in [0, 0.05) is 17.0 Å². The molecule has 0 saturated carbocycles. The van der Waals surface area contributed by atoms with Gasteiger partial charge in [-0.3, -0.25) is 9.42 Å². The maximum absolute atomic E-state index is 15.0. The molecule has 1 saturated heterocycles. The molecule has 6 nitrogen and oxygen atoms in total. The molecule has 2 N–H and O–H groups in total. The Balaban J connectivity index is 1.62. The van der Waals surface area contributed by atoms with E-state index in [4.69, 9.17) is 5.11 Å². The molecule has 224 valence electrons. The molecule has 0 bridgehead atoms. The standard InChI is InChI=1S/C28H23F7N2O4S/c1-16-2-9-21(10-3-16)42(41)25-12-13-36(37(40)20-7-4-17(5-8-20)24(38)39)23(25)15-18-14-19(6-11-22(18)25)26(29,27(30,31)32)28(33,34)35/h2-11,14,23,40H,12-13,15H2,1H3,(H,38,39). The van der Waals surface area contributed by atoms with E-state index in [0.717, 1.165) is 11.6 Å². The van der Waals surface area contributed by atoms with Gasteiger partial charge in [-0.2, -0.15) is 36.5 Å². The van der Waals surface area contributed by atoms with Crippen LogP contribution in [0.1, 0.15) is 39.0 Å². The van der Waals surface area contributed by atoms with Crippen LogP contribution in [0.4, 0.5) is 36.4 Å². The number of hydrogen-bond acceptors (Lipinski definition) is 5. The normalized spacial score (nSPS) is 21.6. The van der Waals surface area contributed by atoms with Crippen molar-refractivity contribution in [3.63, 3.8) is 0 Å². The first-order chi connectivity index (χ1) is 19.5. The van der Waals surface area contributed by atoms with Gasteiger partial charge in [0.25, 0.3) is 0 Å². The van der Waals surface area contributed by atoms with Crippen LogP contribution in [-0.2, 0) is 27.6 Å². The SMILES string of the molecule is Cc1ccc(S(=O)C23CCN(N(O)c4ccc(C(=O)O)cc4)C2Cc2cc(C(F)(C(F)(F)F)C(F)(F)F)ccc23)cc1. The Kier molecular flexibility index (Phi) is 7.18. The zero-order chi connectivity index (χ0) is 30.8. The summed E-state index contributed by atoms with van der Waals surface area (Å²) in [5, 5.41) is 22.4. The number of nitrogens with zero attached hydrogens (tertiary/aromatic N) is 2. The fourth-order valence-electron chi connectivity index (χ4n) is 5.81. The molecule has 3 unspecified atom stereocenters. The van der Waals surface area contributed by atoms with Crippen LogP contribution >= 0.6 is 0 Å². The lowest BCUT2D eigenvalue weighted by Crippen LogP contribution is -2.50. The Morgan fingerprint density at radius 2 is 1.55 bits per heavy atom. The monoisotopic (exact) mass is 616 g/mol. The fraction of sp³-hybridized carbons (Fsp3) is 0.321. The van der Waals surface area contributed by atoms with Gasteiger partial charge in [0.15, 0.2) is 0 Å². The van der Waals surface area contributed by atoms with Gasteiger partial charge in [-0.15, -0.1) is 0 Å². The summed E-state index contributed by atoms with van der Waals surface area (Å²) >= 11 is 0. The van der Waals surface area contributed by atoms with Crippen molar-refractivity contribution in [2.45, 2.75) is 53.5 Å². The lowest BCUT2D eigenvalue weighted by atomic mass is 9.90. The zero-order valence-electron chi connectivity index (χ0n) is 21.7. The zero-order valence-corrected chi connectivity index (χ0v) is 22.5. The summed E-state index contributed by atoms with van der Waals surface area (Å²) in [5.74, 6) is -1.21. The number of benzene rings is 3. The summed E-state index contributed by atoms with van der Waals surface area (Å²) < 4.78 is 109. The van der Waals surface area contributed by atoms with E-state index in [1.54, 1.807) is 31.2 Å². The van der Waals surface area contributed by atoms with Gasteiger partial charge in [-0.05, 0) is 67.3 Å². The molecular weight excluding hydrogens is 593 g/mol. The predicted molar refractivity (Wildman–Crippen MR) is 137 cm³/mol. The summed E-state index contributed by atoms with van der Waals surface area (Å²) in [6.45, 7) is 1.89. The number of halogens is 7. The van der Waals surface area contributed by atoms with Crippen LogP contribution in [0.5, 0.6) is 0 Å². The molecule has 0 radical (unpaired) electrons. The van der Waals surface area contributed by atoms with Gasteiger partial charge in [-0.1, -0.05) is 35.9 Å². The minimum absolute atomic E-state index is 0.0618. The first-order valence-electron chi connectivity index (χ1n) is 12.6. The molecule has 0 amide bonds. The number of hydrazine groups is 1. The number of rotatable bonds is 6. The van der Waals surface area contributed by atoms with Crippen molar-refractivity contribution in [3.8, 4) is 0 Å². The maximum atomic E-state index is 15.0. The van der Waals surface area contributed by atoms with Gasteiger partial charge >= 0.3 is 24.0 Å². The number of hydrogen-bond donors (Lipinski definition) is 2. The Hall–Kier alpha value is -3.49. The largest absolute Gasteiger partial charge is 0.478 e. The molecule has 5 rings (SSSR count). The van der Waals surface area contributed by atoms with E-state index in [2.05, 4.69) is 0 Å². The van der Waals surface area contributed by atoms with Crippen LogP contribution in [0.25, 0.3) is 0 Å². The molecule has 3 aromatic carbocycles. The van der Waals surface area contributed by atoms with E-state index in [1.165, 1.54) is 29.3 Å². The topological polar surface area (TPSA) is 81.1 Å². The van der Waals surface area contributed by atoms with E-state index in [0.29, 0.717) is 22.2 Å². The second-order valence-corrected chi connectivity index (χ2v) is 12.0. The summed E-state index contributed by atoms with van der Waals surface area (Å²) in [6, 6.07) is 12.7. The van der Waals surface area contributed by atoms with Crippen LogP contribution in [0, 0.1) is 6.92 Å². The van der Waals surface area contributed by atoms with E-state index in [-0.39, 0.29) is 41.8 Å². The molecule has 3 atom stereocenters. The van der Waals surface area contributed by atoms with Crippen LogP contribution in [0.2, 0.25) is 0 Å². The number of fused-ring (bicyclic) bond motifs is 3. The second kappa shape index (κ2) is 10.1. The number of aromatic carboxylic acids is 1. The van der Waals surface area contributed by atoms with E-state index in [9.17, 15) is 44.9 Å². The molecule has 2 aliphatic rings. The van der Waals surface area contributed by atoms with Crippen LogP contribution in [0.15, 0.2) is 71.6 Å². The number of carboxylic acid groups (broad SMARTS) is 1.